The summed E-state index contributed by atoms with van der Waals surface area (Å²) in [6.45, 7) is 0.420. The van der Waals surface area contributed by atoms with Crippen LogP contribution >= 0.6 is 22.9 Å². The van der Waals surface area contributed by atoms with Crippen molar-refractivity contribution < 1.29 is 31.1 Å². The number of fused-ring (bicyclic) bond motifs is 1. The van der Waals surface area contributed by atoms with Gasteiger partial charge < -0.3 is 9.64 Å². The average molecular weight is 518 g/mol. The van der Waals surface area contributed by atoms with Gasteiger partial charge in [0.15, 0.2) is 5.13 Å². The zero-order valence-corrected chi connectivity index (χ0v) is 19.0. The number of hydrogen-bond acceptors (Lipinski definition) is 6. The van der Waals surface area contributed by atoms with Gasteiger partial charge in [-0.25, -0.2) is 13.4 Å². The molecule has 13 heteroatoms. The largest absolute Gasteiger partial charge is 0.573 e. The van der Waals surface area contributed by atoms with Crippen LogP contribution in [0.4, 0.5) is 18.3 Å². The van der Waals surface area contributed by atoms with Gasteiger partial charge in [0.25, 0.3) is 15.9 Å². The Labute approximate surface area is 195 Å². The molecular weight excluding hydrogens is 503 g/mol. The standard InChI is InChI=1S/C20H15ClF3N3O4S2/c21-16-9-12(1-4-17(16)31-20(22,23)24)11-27-7-5-13-10-14(2-3-15(13)18(27)28)33(29,30)26-19-25-6-8-32-19/h1-4,6,8-10H,5,7,11H2,(H,25,26). The number of sulfonamides is 1. The van der Waals surface area contributed by atoms with Crippen LogP contribution in [0.3, 0.4) is 0 Å². The van der Waals surface area contributed by atoms with Crippen LogP contribution in [-0.4, -0.2) is 37.1 Å². The molecule has 0 spiro atoms. The van der Waals surface area contributed by atoms with Gasteiger partial charge in [0.2, 0.25) is 0 Å². The number of carbonyl (C=O) groups is 1. The van der Waals surface area contributed by atoms with Gasteiger partial charge in [-0.1, -0.05) is 17.7 Å². The lowest BCUT2D eigenvalue weighted by molar-refractivity contribution is -0.274. The third kappa shape index (κ3) is 5.40. The minimum absolute atomic E-state index is 0.0183. The number of carbonyl (C=O) groups excluding carboxylic acids is 1. The summed E-state index contributed by atoms with van der Waals surface area (Å²) in [5.74, 6) is -0.844. The van der Waals surface area contributed by atoms with E-state index in [1.165, 1.54) is 41.4 Å². The highest BCUT2D eigenvalue weighted by molar-refractivity contribution is 7.93. The van der Waals surface area contributed by atoms with Crippen molar-refractivity contribution in [3.63, 3.8) is 0 Å². The molecular formula is C20H15ClF3N3O4S2. The van der Waals surface area contributed by atoms with Crippen molar-refractivity contribution in [2.45, 2.75) is 24.2 Å². The predicted molar refractivity (Wildman–Crippen MR) is 116 cm³/mol. The van der Waals surface area contributed by atoms with Crippen molar-refractivity contribution in [1.82, 2.24) is 9.88 Å². The zero-order chi connectivity index (χ0) is 23.8. The smallest absolute Gasteiger partial charge is 0.404 e. The number of alkyl halides is 3. The van der Waals surface area contributed by atoms with E-state index < -0.39 is 22.1 Å². The van der Waals surface area contributed by atoms with E-state index in [-0.39, 0.29) is 27.5 Å². The van der Waals surface area contributed by atoms with Crippen molar-refractivity contribution in [3.8, 4) is 5.75 Å². The topological polar surface area (TPSA) is 88.6 Å². The van der Waals surface area contributed by atoms with Crippen LogP contribution in [0.1, 0.15) is 21.5 Å². The van der Waals surface area contributed by atoms with Gasteiger partial charge in [-0.05, 0) is 47.9 Å². The molecule has 33 heavy (non-hydrogen) atoms. The third-order valence-electron chi connectivity index (χ3n) is 4.81. The lowest BCUT2D eigenvalue weighted by atomic mass is 9.98. The van der Waals surface area contributed by atoms with E-state index in [0.29, 0.717) is 29.7 Å². The monoisotopic (exact) mass is 517 g/mol. The molecule has 1 aliphatic heterocycles. The molecule has 1 N–H and O–H groups in total. The molecule has 1 aliphatic rings. The molecule has 0 saturated heterocycles. The number of nitrogens with zero attached hydrogens (tertiary/aromatic N) is 2. The Morgan fingerprint density at radius 1 is 1.21 bits per heavy atom. The van der Waals surface area contributed by atoms with Gasteiger partial charge in [0, 0.05) is 30.2 Å². The first-order chi connectivity index (χ1) is 15.5. The van der Waals surface area contributed by atoms with Gasteiger partial charge in [0.05, 0.1) is 9.92 Å². The minimum Gasteiger partial charge on any atom is -0.404 e. The number of ether oxygens (including phenoxy) is 1. The van der Waals surface area contributed by atoms with E-state index in [0.717, 1.165) is 17.4 Å². The van der Waals surface area contributed by atoms with Gasteiger partial charge in [-0.3, -0.25) is 9.52 Å². The molecule has 2 heterocycles. The summed E-state index contributed by atoms with van der Waals surface area (Å²) in [4.78, 5) is 18.4. The van der Waals surface area contributed by atoms with E-state index in [1.54, 1.807) is 5.38 Å². The third-order valence-corrected chi connectivity index (χ3v) is 7.25. The predicted octanol–water partition coefficient (Wildman–Crippen LogP) is 4.69. The molecule has 3 aromatic rings. The van der Waals surface area contributed by atoms with Crippen LogP contribution in [-0.2, 0) is 23.0 Å². The maximum Gasteiger partial charge on any atom is 0.573 e. The molecule has 0 atom stereocenters. The molecule has 2 aromatic carbocycles. The molecule has 0 bridgehead atoms. The summed E-state index contributed by atoms with van der Waals surface area (Å²) in [5, 5.41) is 1.65. The van der Waals surface area contributed by atoms with E-state index in [1.807, 2.05) is 0 Å². The molecule has 0 fully saturated rings. The van der Waals surface area contributed by atoms with Crippen LogP contribution in [0.5, 0.6) is 5.75 Å². The molecule has 7 nitrogen and oxygen atoms in total. The van der Waals surface area contributed by atoms with Crippen LogP contribution in [0.2, 0.25) is 5.02 Å². The summed E-state index contributed by atoms with van der Waals surface area (Å²) in [6.07, 6.45) is -2.97. The van der Waals surface area contributed by atoms with Crippen molar-refractivity contribution in [2.24, 2.45) is 0 Å². The van der Waals surface area contributed by atoms with Gasteiger partial charge in [0.1, 0.15) is 5.75 Å². The molecule has 174 valence electrons. The SMILES string of the molecule is O=C1c2ccc(S(=O)(=O)Nc3nccs3)cc2CCN1Cc1ccc(OC(F)(F)F)c(Cl)c1. The maximum atomic E-state index is 12.9. The number of benzene rings is 2. The molecule has 0 radical (unpaired) electrons. The lowest BCUT2D eigenvalue weighted by Crippen LogP contribution is -2.37. The zero-order valence-electron chi connectivity index (χ0n) is 16.6. The van der Waals surface area contributed by atoms with E-state index in [2.05, 4.69) is 14.4 Å². The number of hydrogen-bond donors (Lipinski definition) is 1. The van der Waals surface area contributed by atoms with Crippen molar-refractivity contribution >= 4 is 44.0 Å². The van der Waals surface area contributed by atoms with Crippen molar-refractivity contribution in [1.29, 1.82) is 0 Å². The number of amides is 1. The fourth-order valence-electron chi connectivity index (χ4n) is 3.35. The first-order valence-electron chi connectivity index (χ1n) is 9.40. The highest BCUT2D eigenvalue weighted by Gasteiger charge is 2.32. The summed E-state index contributed by atoms with van der Waals surface area (Å²) in [6, 6.07) is 8.06. The molecule has 1 amide bonds. The van der Waals surface area contributed by atoms with E-state index in [9.17, 15) is 26.4 Å². The Kier molecular flexibility index (Phi) is 6.25. The molecule has 4 rings (SSSR count). The summed E-state index contributed by atoms with van der Waals surface area (Å²) in [5.41, 5.74) is 1.47. The minimum atomic E-state index is -4.86. The van der Waals surface area contributed by atoms with Crippen molar-refractivity contribution in [3.05, 3.63) is 69.7 Å². The summed E-state index contributed by atoms with van der Waals surface area (Å²) < 4.78 is 68.6. The highest BCUT2D eigenvalue weighted by Crippen LogP contribution is 2.32. The van der Waals surface area contributed by atoms with Gasteiger partial charge in [-0.2, -0.15) is 0 Å². The van der Waals surface area contributed by atoms with Crippen LogP contribution < -0.4 is 9.46 Å². The first kappa shape index (κ1) is 23.3. The first-order valence-corrected chi connectivity index (χ1v) is 12.1. The van der Waals surface area contributed by atoms with Crippen LogP contribution in [0.25, 0.3) is 0 Å². The molecule has 0 saturated carbocycles. The number of halogens is 4. The van der Waals surface area contributed by atoms with Gasteiger partial charge >= 0.3 is 6.36 Å². The molecule has 0 unspecified atom stereocenters. The van der Waals surface area contributed by atoms with Gasteiger partial charge in [-0.15, -0.1) is 24.5 Å². The quantitative estimate of drug-likeness (QED) is 0.512. The Morgan fingerprint density at radius 2 is 2.00 bits per heavy atom. The normalized spacial score (nSPS) is 14.2. The van der Waals surface area contributed by atoms with Crippen LogP contribution in [0.15, 0.2) is 52.9 Å². The summed E-state index contributed by atoms with van der Waals surface area (Å²) in [7, 11) is -3.85. The Bertz CT molecular complexity index is 1300. The average Bonchev–Trinajstić information content (AvgIpc) is 3.23. The summed E-state index contributed by atoms with van der Waals surface area (Å²) >= 11 is 7.03. The second-order valence-corrected chi connectivity index (χ2v) is 10.0. The second-order valence-electron chi connectivity index (χ2n) is 7.05. The molecule has 1 aromatic heterocycles. The maximum absolute atomic E-state index is 12.9. The lowest BCUT2D eigenvalue weighted by Gasteiger charge is -2.29. The highest BCUT2D eigenvalue weighted by atomic mass is 35.5. The number of thiazole rings is 1. The van der Waals surface area contributed by atoms with E-state index >= 15 is 0 Å². The second kappa shape index (κ2) is 8.84. The Balaban J connectivity index is 1.49. The number of aromatic nitrogens is 1. The van der Waals surface area contributed by atoms with Crippen molar-refractivity contribution in [2.75, 3.05) is 11.3 Å². The van der Waals surface area contributed by atoms with Crippen LogP contribution in [0, 0.1) is 0 Å². The Hall–Kier alpha value is -2.83. The molecule has 0 aliphatic carbocycles. The number of nitrogens with one attached hydrogen (secondary N) is 1. The van der Waals surface area contributed by atoms with E-state index in [4.69, 9.17) is 11.6 Å². The number of rotatable bonds is 6. The Morgan fingerprint density at radius 3 is 2.67 bits per heavy atom. The fraction of sp³-hybridized carbons (Fsp3) is 0.200. The number of anilines is 1. The fourth-order valence-corrected chi connectivity index (χ4v) is 5.43.